The van der Waals surface area contributed by atoms with Gasteiger partial charge in [-0.15, -0.1) is 0 Å². The third-order valence-electron chi connectivity index (χ3n) is 8.97. The fourth-order valence-corrected chi connectivity index (χ4v) is 6.32. The number of hydrogen-bond donors (Lipinski definition) is 3. The third-order valence-corrected chi connectivity index (χ3v) is 8.97. The van der Waals surface area contributed by atoms with Crippen molar-refractivity contribution in [2.75, 3.05) is 14.2 Å². The molecule has 0 unspecified atom stereocenters. The van der Waals surface area contributed by atoms with Gasteiger partial charge in [-0.2, -0.15) is 0 Å². The molecule has 9 nitrogen and oxygen atoms in total. The summed E-state index contributed by atoms with van der Waals surface area (Å²) in [5.41, 5.74) is -2.20. The third kappa shape index (κ3) is 7.68. The number of carbonyl (C=O) groups is 2. The van der Waals surface area contributed by atoms with E-state index in [1.54, 1.807) is 27.9 Å². The van der Waals surface area contributed by atoms with E-state index in [9.17, 15) is 19.8 Å². The van der Waals surface area contributed by atoms with Crippen molar-refractivity contribution in [2.45, 2.75) is 130 Å². The van der Waals surface area contributed by atoms with Crippen LogP contribution in [0, 0.1) is 23.7 Å². The minimum Gasteiger partial charge on any atom is -0.459 e. The van der Waals surface area contributed by atoms with E-state index in [2.05, 4.69) is 12.2 Å². The molecule has 0 aromatic rings. The Kier molecular flexibility index (Phi) is 11.7. The summed E-state index contributed by atoms with van der Waals surface area (Å²) in [4.78, 5) is 26.7. The van der Waals surface area contributed by atoms with Crippen molar-refractivity contribution in [3.8, 4) is 0 Å². The SMILES string of the molecule is CC[C@H]1OC(=O)[C@H](C)[C@@H](O)[C@H](C)[C@@H](O[C@@H]2O[C@H](C)C[C@H](NC)[C@H]2C)[C@](C)(OC)C[C@@H](C)C(=O)/C(C)=C/[C@]1(C)O. The number of ether oxygens (including phenoxy) is 4. The second kappa shape index (κ2) is 13.5. The topological polar surface area (TPSA) is 124 Å². The maximum atomic E-state index is 13.5. The number of allylic oxidation sites excluding steroid dienone is 1. The Labute approximate surface area is 235 Å². The number of rotatable bonds is 5. The lowest BCUT2D eigenvalue weighted by atomic mass is 9.76. The fraction of sp³-hybridized carbons (Fsp3) is 0.867. The van der Waals surface area contributed by atoms with E-state index in [1.165, 1.54) is 13.0 Å². The van der Waals surface area contributed by atoms with Crippen molar-refractivity contribution in [1.29, 1.82) is 0 Å². The van der Waals surface area contributed by atoms with E-state index in [0.29, 0.717) is 18.4 Å². The van der Waals surface area contributed by atoms with E-state index in [0.717, 1.165) is 6.42 Å². The first-order valence-corrected chi connectivity index (χ1v) is 14.4. The molecule has 2 aliphatic heterocycles. The predicted molar refractivity (Wildman–Crippen MR) is 149 cm³/mol. The second-order valence-electron chi connectivity index (χ2n) is 12.4. The van der Waals surface area contributed by atoms with Crippen molar-refractivity contribution in [3.05, 3.63) is 11.6 Å². The summed E-state index contributed by atoms with van der Waals surface area (Å²) in [6.07, 6.45) is -0.464. The molecule has 0 radical (unpaired) electrons. The van der Waals surface area contributed by atoms with Crippen LogP contribution in [-0.4, -0.2) is 84.1 Å². The van der Waals surface area contributed by atoms with Gasteiger partial charge in [0, 0.05) is 30.9 Å². The lowest BCUT2D eigenvalue weighted by molar-refractivity contribution is -0.283. The van der Waals surface area contributed by atoms with Crippen LogP contribution in [0.1, 0.15) is 81.6 Å². The molecule has 0 bridgehead atoms. The molecule has 0 saturated carbocycles. The minimum atomic E-state index is -1.56. The number of ketones is 1. The first-order valence-electron chi connectivity index (χ1n) is 14.4. The number of esters is 1. The van der Waals surface area contributed by atoms with Gasteiger partial charge in [0.1, 0.15) is 11.7 Å². The quantitative estimate of drug-likeness (QED) is 0.438. The highest BCUT2D eigenvalue weighted by molar-refractivity contribution is 5.96. The molecule has 0 amide bonds. The summed E-state index contributed by atoms with van der Waals surface area (Å²) < 4.78 is 24.7. The molecule has 1 fully saturated rings. The van der Waals surface area contributed by atoms with Crippen LogP contribution >= 0.6 is 0 Å². The van der Waals surface area contributed by atoms with Crippen LogP contribution < -0.4 is 5.32 Å². The normalized spacial score (nSPS) is 46.6. The van der Waals surface area contributed by atoms with Crippen LogP contribution in [0.15, 0.2) is 11.6 Å². The highest BCUT2D eigenvalue weighted by atomic mass is 16.7. The summed E-state index contributed by atoms with van der Waals surface area (Å²) >= 11 is 0. The van der Waals surface area contributed by atoms with Gasteiger partial charge in [-0.05, 0) is 72.6 Å². The lowest BCUT2D eigenvalue weighted by Gasteiger charge is -2.47. The first kappa shape index (κ1) is 33.8. The Bertz CT molecular complexity index is 875. The Morgan fingerprint density at radius 1 is 1.13 bits per heavy atom. The molecule has 3 N–H and O–H groups in total. The monoisotopic (exact) mass is 555 g/mol. The Balaban J connectivity index is 2.60. The van der Waals surface area contributed by atoms with Crippen LogP contribution in [0.4, 0.5) is 0 Å². The summed E-state index contributed by atoms with van der Waals surface area (Å²) in [7, 11) is 3.48. The number of aliphatic hydroxyl groups excluding tert-OH is 1. The van der Waals surface area contributed by atoms with Crippen molar-refractivity contribution in [2.24, 2.45) is 23.7 Å². The number of Topliss-reactive ketones (excluding diaryl/α,β-unsaturated/α-hetero) is 1. The highest BCUT2D eigenvalue weighted by Crippen LogP contribution is 2.38. The Morgan fingerprint density at radius 3 is 2.28 bits per heavy atom. The molecule has 39 heavy (non-hydrogen) atoms. The number of nitrogens with one attached hydrogen (secondary N) is 1. The number of carbonyl (C=O) groups excluding carboxylic acids is 2. The molecule has 12 atom stereocenters. The van der Waals surface area contributed by atoms with Crippen LogP contribution in [0.2, 0.25) is 0 Å². The smallest absolute Gasteiger partial charge is 0.311 e. The Hall–Kier alpha value is -1.36. The average Bonchev–Trinajstić information content (AvgIpc) is 2.88. The zero-order valence-electron chi connectivity index (χ0n) is 25.8. The highest BCUT2D eigenvalue weighted by Gasteiger charge is 2.49. The van der Waals surface area contributed by atoms with Gasteiger partial charge in [-0.25, -0.2) is 0 Å². The summed E-state index contributed by atoms with van der Waals surface area (Å²) in [6.45, 7) is 16.2. The molecule has 0 aromatic heterocycles. The first-order chi connectivity index (χ1) is 18.0. The molecule has 2 rings (SSSR count). The van der Waals surface area contributed by atoms with Gasteiger partial charge in [-0.3, -0.25) is 9.59 Å². The van der Waals surface area contributed by atoms with E-state index in [-0.39, 0.29) is 23.8 Å². The van der Waals surface area contributed by atoms with Gasteiger partial charge in [0.05, 0.1) is 29.8 Å². The standard InChI is InChI=1S/C30H53NO8/c1-12-23-29(8,35)14-16(2)24(32)17(3)15-30(9,36-11)26(20(6)25(33)21(7)27(34)38-23)39-28-19(5)22(31-10)13-18(4)37-28/h14,17-23,25-26,28,31,33,35H,12-13,15H2,1-11H3/b16-14+/t17-,18-,19-,20+,21-,22+,23-,25+,26-,28+,29+,30-/m1/s1. The number of cyclic esters (lactones) is 1. The number of hydrogen-bond acceptors (Lipinski definition) is 9. The molecule has 1 saturated heterocycles. The van der Waals surface area contributed by atoms with Crippen LogP contribution in [0.3, 0.4) is 0 Å². The maximum absolute atomic E-state index is 13.5. The molecular weight excluding hydrogens is 502 g/mol. The second-order valence-corrected chi connectivity index (χ2v) is 12.4. The van der Waals surface area contributed by atoms with Crippen molar-refractivity contribution >= 4 is 11.8 Å². The van der Waals surface area contributed by atoms with E-state index >= 15 is 0 Å². The van der Waals surface area contributed by atoms with Crippen molar-refractivity contribution in [3.63, 3.8) is 0 Å². The van der Waals surface area contributed by atoms with Gasteiger partial charge in [0.25, 0.3) is 0 Å². The van der Waals surface area contributed by atoms with Gasteiger partial charge in [0.2, 0.25) is 0 Å². The fourth-order valence-electron chi connectivity index (χ4n) is 6.32. The minimum absolute atomic E-state index is 0.00362. The van der Waals surface area contributed by atoms with Gasteiger partial charge in [-0.1, -0.05) is 27.7 Å². The van der Waals surface area contributed by atoms with Gasteiger partial charge < -0.3 is 34.5 Å². The lowest BCUT2D eigenvalue weighted by Crippen LogP contribution is -2.57. The molecule has 2 heterocycles. The van der Waals surface area contributed by atoms with Gasteiger partial charge >= 0.3 is 5.97 Å². The largest absolute Gasteiger partial charge is 0.459 e. The van der Waals surface area contributed by atoms with Crippen LogP contribution in [-0.2, 0) is 28.5 Å². The predicted octanol–water partition coefficient (Wildman–Crippen LogP) is 3.40. The summed E-state index contributed by atoms with van der Waals surface area (Å²) in [5, 5.41) is 26.0. The summed E-state index contributed by atoms with van der Waals surface area (Å²) in [5.74, 6) is -2.76. The molecule has 0 aromatic carbocycles. The zero-order chi connectivity index (χ0) is 29.9. The molecular formula is C30H53NO8. The maximum Gasteiger partial charge on any atom is 0.311 e. The zero-order valence-corrected chi connectivity index (χ0v) is 25.8. The molecule has 226 valence electrons. The van der Waals surface area contributed by atoms with Crippen molar-refractivity contribution < 1.29 is 38.7 Å². The van der Waals surface area contributed by atoms with Crippen LogP contribution in [0.5, 0.6) is 0 Å². The van der Waals surface area contributed by atoms with Crippen LogP contribution in [0.25, 0.3) is 0 Å². The van der Waals surface area contributed by atoms with Gasteiger partial charge in [0.15, 0.2) is 12.1 Å². The average molecular weight is 556 g/mol. The number of methoxy groups -OCH3 is 1. The van der Waals surface area contributed by atoms with Crippen molar-refractivity contribution in [1.82, 2.24) is 5.32 Å². The van der Waals surface area contributed by atoms with E-state index < -0.39 is 59.5 Å². The molecule has 0 aliphatic carbocycles. The molecule has 0 spiro atoms. The number of aliphatic hydroxyl groups is 2. The molecule has 2 aliphatic rings. The Morgan fingerprint density at radius 2 is 1.74 bits per heavy atom. The van der Waals surface area contributed by atoms with E-state index in [1.807, 2.05) is 34.7 Å². The molecule has 9 heteroatoms. The summed E-state index contributed by atoms with van der Waals surface area (Å²) in [6, 6.07) is 0.173. The van der Waals surface area contributed by atoms with E-state index in [4.69, 9.17) is 18.9 Å².